The van der Waals surface area contributed by atoms with E-state index in [0.29, 0.717) is 11.3 Å². The van der Waals surface area contributed by atoms with Crippen LogP contribution in [-0.4, -0.2) is 25.7 Å². The Bertz CT molecular complexity index is 720. The van der Waals surface area contributed by atoms with Crippen LogP contribution >= 0.6 is 0 Å². The van der Waals surface area contributed by atoms with Crippen LogP contribution in [0.2, 0.25) is 0 Å². The molecule has 0 aliphatic heterocycles. The number of rotatable bonds is 2. The molecule has 1 aromatic carbocycles. The number of carbonyl (C=O) groups excluding carboxylic acids is 1. The molecule has 6 nitrogen and oxygen atoms in total. The molecule has 0 atom stereocenters. The minimum atomic E-state index is -0.569. The van der Waals surface area contributed by atoms with Crippen molar-refractivity contribution in [2.45, 2.75) is 0 Å². The smallest absolute Gasteiger partial charge is 0.269 e. The topological polar surface area (TPSA) is 86.7 Å². The molecule has 0 radical (unpaired) electrons. The Balaban J connectivity index is 2.34. The summed E-state index contributed by atoms with van der Waals surface area (Å²) in [5, 5.41) is 4.87. The first kappa shape index (κ1) is 10.4. The molecule has 0 unspecified atom stereocenters. The van der Waals surface area contributed by atoms with E-state index in [-0.39, 0.29) is 5.69 Å². The largest absolute Gasteiger partial charge is 0.364 e. The predicted octanol–water partition coefficient (Wildman–Crippen LogP) is 0.914. The number of amides is 1. The predicted molar refractivity (Wildman–Crippen MR) is 65.2 cm³/mol. The highest BCUT2D eigenvalue weighted by molar-refractivity contribution is 6.04. The van der Waals surface area contributed by atoms with Crippen LogP contribution < -0.4 is 5.73 Å². The highest BCUT2D eigenvalue weighted by atomic mass is 16.1. The van der Waals surface area contributed by atoms with Crippen LogP contribution in [-0.2, 0) is 0 Å². The van der Waals surface area contributed by atoms with E-state index < -0.39 is 5.91 Å². The first-order chi connectivity index (χ1) is 8.77. The average molecular weight is 239 g/mol. The number of primary amides is 1. The van der Waals surface area contributed by atoms with Gasteiger partial charge < -0.3 is 5.73 Å². The molecule has 2 aromatic heterocycles. The number of hydrogen-bond acceptors (Lipinski definition) is 4. The number of hydrogen-bond donors (Lipinski definition) is 1. The summed E-state index contributed by atoms with van der Waals surface area (Å²) >= 11 is 0. The highest BCUT2D eigenvalue weighted by Gasteiger charge is 2.15. The summed E-state index contributed by atoms with van der Waals surface area (Å²) < 4.78 is 1.51. The van der Waals surface area contributed by atoms with Crippen molar-refractivity contribution in [2.75, 3.05) is 0 Å². The molecular weight excluding hydrogens is 230 g/mol. The highest BCUT2D eigenvalue weighted by Crippen LogP contribution is 2.19. The first-order valence-corrected chi connectivity index (χ1v) is 5.32. The quantitative estimate of drug-likeness (QED) is 0.720. The third-order valence-corrected chi connectivity index (χ3v) is 2.56. The number of carbonyl (C=O) groups is 1. The Morgan fingerprint density at radius 2 is 1.83 bits per heavy atom. The molecule has 3 aromatic rings. The van der Waals surface area contributed by atoms with E-state index >= 15 is 0 Å². The molecule has 0 fully saturated rings. The summed E-state index contributed by atoms with van der Waals surface area (Å²) in [6.45, 7) is 0. The lowest BCUT2D eigenvalue weighted by Crippen LogP contribution is -2.13. The second-order valence-electron chi connectivity index (χ2n) is 3.69. The van der Waals surface area contributed by atoms with Crippen LogP contribution in [0.1, 0.15) is 10.5 Å². The fourth-order valence-electron chi connectivity index (χ4n) is 1.80. The third-order valence-electron chi connectivity index (χ3n) is 2.56. The molecule has 0 spiro atoms. The van der Waals surface area contributed by atoms with Gasteiger partial charge in [-0.3, -0.25) is 4.79 Å². The molecule has 6 heteroatoms. The maximum absolute atomic E-state index is 11.4. The molecule has 2 heterocycles. The Labute approximate surface area is 102 Å². The summed E-state index contributed by atoms with van der Waals surface area (Å²) in [4.78, 5) is 19.6. The summed E-state index contributed by atoms with van der Waals surface area (Å²) in [6, 6.07) is 9.03. The van der Waals surface area contributed by atoms with Gasteiger partial charge in [0.05, 0.1) is 5.52 Å². The Kier molecular flexibility index (Phi) is 2.26. The molecule has 0 bridgehead atoms. The van der Waals surface area contributed by atoms with Crippen LogP contribution in [0.25, 0.3) is 16.9 Å². The molecule has 1 amide bonds. The number of nitrogens with zero attached hydrogens (tertiary/aromatic N) is 4. The molecule has 0 saturated carbocycles. The SMILES string of the molecule is NC(=O)c1nn(-c2ncccn2)c2ccccc12. The maximum Gasteiger partial charge on any atom is 0.269 e. The molecule has 2 N–H and O–H groups in total. The molecule has 18 heavy (non-hydrogen) atoms. The van der Waals surface area contributed by atoms with Gasteiger partial charge in [0.1, 0.15) is 0 Å². The zero-order valence-corrected chi connectivity index (χ0v) is 9.32. The summed E-state index contributed by atoms with van der Waals surface area (Å²) in [6.07, 6.45) is 3.23. The summed E-state index contributed by atoms with van der Waals surface area (Å²) in [7, 11) is 0. The van der Waals surface area contributed by atoms with Gasteiger partial charge in [-0.15, -0.1) is 0 Å². The number of fused-ring (bicyclic) bond motifs is 1. The van der Waals surface area contributed by atoms with Crippen molar-refractivity contribution < 1.29 is 4.79 Å². The molecule has 0 aliphatic carbocycles. The van der Waals surface area contributed by atoms with Gasteiger partial charge in [0, 0.05) is 17.8 Å². The van der Waals surface area contributed by atoms with Crippen molar-refractivity contribution in [3.63, 3.8) is 0 Å². The van der Waals surface area contributed by atoms with Crippen molar-refractivity contribution in [1.29, 1.82) is 0 Å². The standard InChI is InChI=1S/C12H9N5O/c13-11(18)10-8-4-1-2-5-9(8)17(16-10)12-14-6-3-7-15-12/h1-7H,(H2,13,18). The molecule has 0 aliphatic rings. The number of para-hydroxylation sites is 1. The van der Waals surface area contributed by atoms with Gasteiger partial charge >= 0.3 is 0 Å². The normalized spacial score (nSPS) is 10.7. The zero-order chi connectivity index (χ0) is 12.5. The van der Waals surface area contributed by atoms with Crippen molar-refractivity contribution in [3.05, 3.63) is 48.4 Å². The van der Waals surface area contributed by atoms with Crippen LogP contribution in [0, 0.1) is 0 Å². The van der Waals surface area contributed by atoms with Crippen molar-refractivity contribution in [2.24, 2.45) is 5.73 Å². The van der Waals surface area contributed by atoms with Gasteiger partial charge in [0.25, 0.3) is 11.9 Å². The lowest BCUT2D eigenvalue weighted by Gasteiger charge is -1.99. The number of benzene rings is 1. The second kappa shape index (κ2) is 3.92. The van der Waals surface area contributed by atoms with Gasteiger partial charge in [0.2, 0.25) is 0 Å². The first-order valence-electron chi connectivity index (χ1n) is 5.32. The number of aromatic nitrogens is 4. The fourth-order valence-corrected chi connectivity index (χ4v) is 1.80. The Hall–Kier alpha value is -2.76. The van der Waals surface area contributed by atoms with Gasteiger partial charge in [-0.1, -0.05) is 18.2 Å². The number of nitrogens with two attached hydrogens (primary N) is 1. The van der Waals surface area contributed by atoms with Crippen LogP contribution in [0.5, 0.6) is 0 Å². The summed E-state index contributed by atoms with van der Waals surface area (Å²) in [5.74, 6) is -0.165. The van der Waals surface area contributed by atoms with Crippen molar-refractivity contribution >= 4 is 16.8 Å². The molecule has 88 valence electrons. The van der Waals surface area contributed by atoms with E-state index in [9.17, 15) is 4.79 Å². The van der Waals surface area contributed by atoms with E-state index in [4.69, 9.17) is 5.73 Å². The lowest BCUT2D eigenvalue weighted by atomic mass is 10.2. The van der Waals surface area contributed by atoms with Crippen molar-refractivity contribution in [3.8, 4) is 5.95 Å². The molecular formula is C12H9N5O. The zero-order valence-electron chi connectivity index (χ0n) is 9.32. The average Bonchev–Trinajstić information content (AvgIpc) is 2.79. The monoisotopic (exact) mass is 239 g/mol. The van der Waals surface area contributed by atoms with Crippen LogP contribution in [0.15, 0.2) is 42.7 Å². The minimum Gasteiger partial charge on any atom is -0.364 e. The van der Waals surface area contributed by atoms with E-state index in [0.717, 1.165) is 5.52 Å². The third kappa shape index (κ3) is 1.51. The second-order valence-corrected chi connectivity index (χ2v) is 3.69. The van der Waals surface area contributed by atoms with Gasteiger partial charge in [0.15, 0.2) is 5.69 Å². The molecule has 3 rings (SSSR count). The van der Waals surface area contributed by atoms with Crippen LogP contribution in [0.3, 0.4) is 0 Å². The van der Waals surface area contributed by atoms with Gasteiger partial charge in [-0.05, 0) is 12.1 Å². The Morgan fingerprint density at radius 3 is 2.56 bits per heavy atom. The van der Waals surface area contributed by atoms with Crippen molar-refractivity contribution in [1.82, 2.24) is 19.7 Å². The van der Waals surface area contributed by atoms with Crippen LogP contribution in [0.4, 0.5) is 0 Å². The van der Waals surface area contributed by atoms with E-state index in [2.05, 4.69) is 15.1 Å². The maximum atomic E-state index is 11.4. The Morgan fingerprint density at radius 1 is 1.11 bits per heavy atom. The van der Waals surface area contributed by atoms with E-state index in [1.54, 1.807) is 24.5 Å². The fraction of sp³-hybridized carbons (Fsp3) is 0. The minimum absolute atomic E-state index is 0.220. The molecule has 0 saturated heterocycles. The van der Waals surface area contributed by atoms with E-state index in [1.165, 1.54) is 4.68 Å². The lowest BCUT2D eigenvalue weighted by molar-refractivity contribution is 0.0996. The summed E-state index contributed by atoms with van der Waals surface area (Å²) in [5.41, 5.74) is 6.28. The van der Waals surface area contributed by atoms with E-state index in [1.807, 2.05) is 18.2 Å². The van der Waals surface area contributed by atoms with Gasteiger partial charge in [-0.2, -0.15) is 9.78 Å². The van der Waals surface area contributed by atoms with Gasteiger partial charge in [-0.25, -0.2) is 9.97 Å².